The van der Waals surface area contributed by atoms with Crippen molar-refractivity contribution in [2.75, 3.05) is 11.4 Å². The van der Waals surface area contributed by atoms with E-state index in [1.165, 1.54) is 4.90 Å². The maximum absolute atomic E-state index is 13.2. The van der Waals surface area contributed by atoms with Gasteiger partial charge in [0.1, 0.15) is 0 Å². The molecule has 0 radical (unpaired) electrons. The number of hydrogen-bond donors (Lipinski definition) is 2. The fourth-order valence-corrected chi connectivity index (χ4v) is 4.25. The molecule has 0 saturated carbocycles. The Morgan fingerprint density at radius 2 is 1.61 bits per heavy atom. The summed E-state index contributed by atoms with van der Waals surface area (Å²) in [5.74, 6) is 0. The molecular weight excluding hydrogens is 454 g/mol. The first-order valence-electron chi connectivity index (χ1n) is 10.2. The largest absolute Gasteiger partial charge is 0.465 e. The van der Waals surface area contributed by atoms with Gasteiger partial charge in [-0.15, -0.1) is 0 Å². The number of benzene rings is 2. The van der Waals surface area contributed by atoms with E-state index in [4.69, 9.17) is 4.74 Å². The Hall–Kier alpha value is -2.79. The zero-order valence-corrected chi connectivity index (χ0v) is 17.2. The molecule has 1 atom stereocenters. The predicted molar refractivity (Wildman–Crippen MR) is 106 cm³/mol. The molecule has 0 unspecified atom stereocenters. The lowest BCUT2D eigenvalue weighted by Crippen LogP contribution is -2.30. The average Bonchev–Trinajstić information content (AvgIpc) is 3.10. The third kappa shape index (κ3) is 4.93. The van der Waals surface area contributed by atoms with Crippen molar-refractivity contribution in [3.8, 4) is 0 Å². The van der Waals surface area contributed by atoms with Crippen molar-refractivity contribution >= 4 is 11.8 Å². The number of nitrogens with zero attached hydrogens (tertiary/aromatic N) is 1. The van der Waals surface area contributed by atoms with Crippen LogP contribution in [0.5, 0.6) is 0 Å². The van der Waals surface area contributed by atoms with E-state index in [1.807, 2.05) is 6.07 Å². The normalized spacial score (nSPS) is 18.6. The number of carbonyl (C=O) groups is 1. The van der Waals surface area contributed by atoms with E-state index in [-0.39, 0.29) is 24.7 Å². The van der Waals surface area contributed by atoms with Crippen LogP contribution in [-0.4, -0.2) is 17.7 Å². The number of nitrogens with one attached hydrogen (secondary N) is 1. The van der Waals surface area contributed by atoms with E-state index in [2.05, 4.69) is 5.32 Å². The van der Waals surface area contributed by atoms with Crippen molar-refractivity contribution in [3.05, 3.63) is 63.7 Å². The zero-order chi connectivity index (χ0) is 24.0. The monoisotopic (exact) mass is 474 g/mol. The highest BCUT2D eigenvalue weighted by Gasteiger charge is 2.37. The summed E-state index contributed by atoms with van der Waals surface area (Å²) in [6.45, 7) is 0.670. The van der Waals surface area contributed by atoms with Crippen LogP contribution in [0.25, 0.3) is 0 Å². The third-order valence-corrected chi connectivity index (χ3v) is 5.84. The lowest BCUT2D eigenvalue weighted by molar-refractivity contribution is -0.143. The molecule has 5 nitrogen and oxygen atoms in total. The summed E-state index contributed by atoms with van der Waals surface area (Å²) >= 11 is 0. The topological polar surface area (TPSA) is 61.8 Å². The highest BCUT2D eigenvalue weighted by Crippen LogP contribution is 2.39. The molecule has 2 N–H and O–H groups in total. The van der Waals surface area contributed by atoms with Crippen LogP contribution < -0.4 is 10.2 Å². The molecule has 0 saturated heterocycles. The second kappa shape index (κ2) is 8.53. The molecule has 2 aliphatic rings. The summed E-state index contributed by atoms with van der Waals surface area (Å²) in [7, 11) is 0. The van der Waals surface area contributed by atoms with Crippen molar-refractivity contribution in [3.63, 3.8) is 0 Å². The van der Waals surface area contributed by atoms with Crippen molar-refractivity contribution in [2.45, 2.75) is 51.0 Å². The van der Waals surface area contributed by atoms with Gasteiger partial charge in [0.25, 0.3) is 0 Å². The van der Waals surface area contributed by atoms with Gasteiger partial charge in [0, 0.05) is 19.1 Å². The summed E-state index contributed by atoms with van der Waals surface area (Å²) in [6, 6.07) is 4.57. The predicted octanol–water partition coefficient (Wildman–Crippen LogP) is 5.86. The molecule has 0 fully saturated rings. The number of amides is 1. The Kier molecular flexibility index (Phi) is 6.04. The molecule has 2 aromatic rings. The van der Waals surface area contributed by atoms with Crippen molar-refractivity contribution in [2.24, 2.45) is 0 Å². The van der Waals surface area contributed by atoms with Crippen LogP contribution in [0.4, 0.5) is 36.8 Å². The summed E-state index contributed by atoms with van der Waals surface area (Å²) in [6.07, 6.45) is -10.1. The van der Waals surface area contributed by atoms with Crippen LogP contribution in [0.15, 0.2) is 30.3 Å². The standard InChI is InChI=1S/C22H20F6N2O3/c23-21(24,25)15-4-12(5-16(8-15)22(26,27)28)9-29-18-2-1-3-30(20(31)32)19-7-14-11-33-10-13(14)6-17(18)19/h4-8,18,29H,1-3,9-11H2,(H,31,32)/t18-/m0/s1. The number of carboxylic acid groups (broad SMARTS) is 1. The van der Waals surface area contributed by atoms with Gasteiger partial charge in [0.15, 0.2) is 0 Å². The minimum atomic E-state index is -4.92. The summed E-state index contributed by atoms with van der Waals surface area (Å²) < 4.78 is 84.4. The molecule has 33 heavy (non-hydrogen) atoms. The molecule has 4 rings (SSSR count). The molecule has 178 valence electrons. The van der Waals surface area contributed by atoms with Crippen LogP contribution in [-0.2, 0) is 36.8 Å². The highest BCUT2D eigenvalue weighted by molar-refractivity contribution is 5.88. The SMILES string of the molecule is O=C(O)N1CCC[C@H](NCc2cc(C(F)(F)F)cc(C(F)(F)F)c2)c2cc3c(cc21)COC3. The summed E-state index contributed by atoms with van der Waals surface area (Å²) in [4.78, 5) is 13.0. The van der Waals surface area contributed by atoms with Crippen LogP contribution >= 0.6 is 0 Å². The van der Waals surface area contributed by atoms with Crippen molar-refractivity contribution in [1.82, 2.24) is 5.32 Å². The molecule has 0 bridgehead atoms. The molecule has 2 aromatic carbocycles. The van der Waals surface area contributed by atoms with Crippen LogP contribution in [0.1, 0.15) is 52.3 Å². The maximum atomic E-state index is 13.2. The number of ether oxygens (including phenoxy) is 1. The number of halogens is 6. The molecule has 0 aliphatic carbocycles. The minimum Gasteiger partial charge on any atom is -0.465 e. The summed E-state index contributed by atoms with van der Waals surface area (Å²) in [5.41, 5.74) is -0.101. The first-order chi connectivity index (χ1) is 15.4. The van der Waals surface area contributed by atoms with Gasteiger partial charge in [-0.05, 0) is 65.4 Å². The van der Waals surface area contributed by atoms with Crippen LogP contribution in [0, 0.1) is 0 Å². The van der Waals surface area contributed by atoms with E-state index >= 15 is 0 Å². The smallest absolute Gasteiger partial charge is 0.416 e. The van der Waals surface area contributed by atoms with E-state index in [0.29, 0.717) is 49.4 Å². The Balaban J connectivity index is 1.66. The van der Waals surface area contributed by atoms with E-state index < -0.39 is 35.6 Å². The second-order valence-corrected chi connectivity index (χ2v) is 8.10. The molecule has 2 heterocycles. The number of rotatable bonds is 3. The van der Waals surface area contributed by atoms with Gasteiger partial charge in [0.2, 0.25) is 0 Å². The fourth-order valence-electron chi connectivity index (χ4n) is 4.25. The number of alkyl halides is 6. The van der Waals surface area contributed by atoms with Crippen molar-refractivity contribution < 1.29 is 41.0 Å². The van der Waals surface area contributed by atoms with Gasteiger partial charge in [-0.25, -0.2) is 4.79 Å². The van der Waals surface area contributed by atoms with Gasteiger partial charge in [-0.2, -0.15) is 26.3 Å². The number of fused-ring (bicyclic) bond motifs is 2. The van der Waals surface area contributed by atoms with Gasteiger partial charge in [-0.1, -0.05) is 0 Å². The Morgan fingerprint density at radius 1 is 1.00 bits per heavy atom. The first-order valence-corrected chi connectivity index (χ1v) is 10.2. The lowest BCUT2D eigenvalue weighted by atomic mass is 9.96. The van der Waals surface area contributed by atoms with E-state index in [9.17, 15) is 36.2 Å². The second-order valence-electron chi connectivity index (χ2n) is 8.10. The molecule has 0 spiro atoms. The lowest BCUT2D eigenvalue weighted by Gasteiger charge is -2.24. The van der Waals surface area contributed by atoms with Crippen LogP contribution in [0.2, 0.25) is 0 Å². The van der Waals surface area contributed by atoms with E-state index in [0.717, 1.165) is 11.1 Å². The molecule has 1 amide bonds. The molecule has 2 aliphatic heterocycles. The van der Waals surface area contributed by atoms with Gasteiger partial charge in [-0.3, -0.25) is 4.90 Å². The van der Waals surface area contributed by atoms with E-state index in [1.54, 1.807) is 6.07 Å². The Labute approximate surface area is 184 Å². The minimum absolute atomic E-state index is 0.0957. The number of hydrogen-bond acceptors (Lipinski definition) is 3. The summed E-state index contributed by atoms with van der Waals surface area (Å²) in [5, 5.41) is 12.7. The van der Waals surface area contributed by atoms with Gasteiger partial charge < -0.3 is 15.2 Å². The Morgan fingerprint density at radius 3 is 2.18 bits per heavy atom. The zero-order valence-electron chi connectivity index (χ0n) is 17.2. The molecule has 0 aromatic heterocycles. The van der Waals surface area contributed by atoms with Gasteiger partial charge >= 0.3 is 18.4 Å². The molecule has 11 heteroatoms. The first kappa shape index (κ1) is 23.4. The maximum Gasteiger partial charge on any atom is 0.416 e. The van der Waals surface area contributed by atoms with Crippen molar-refractivity contribution in [1.29, 1.82) is 0 Å². The molecular formula is C22H20F6N2O3. The Bertz CT molecular complexity index is 1040. The highest BCUT2D eigenvalue weighted by atomic mass is 19.4. The average molecular weight is 474 g/mol. The van der Waals surface area contributed by atoms with Crippen LogP contribution in [0.3, 0.4) is 0 Å². The quantitative estimate of drug-likeness (QED) is 0.547. The number of anilines is 1. The third-order valence-electron chi connectivity index (χ3n) is 5.84. The fraction of sp³-hybridized carbons (Fsp3) is 0.409. The van der Waals surface area contributed by atoms with Gasteiger partial charge in [0.05, 0.1) is 30.0 Å².